The van der Waals surface area contributed by atoms with Gasteiger partial charge in [-0.05, 0) is 57.0 Å². The molecule has 0 aliphatic carbocycles. The molecule has 1 heterocycles. The number of piperidine rings is 1. The molecule has 26 heavy (non-hydrogen) atoms. The normalized spacial score (nSPS) is 20.1. The third-order valence-electron chi connectivity index (χ3n) is 3.78. The lowest BCUT2D eigenvalue weighted by Crippen LogP contribution is -2.50. The third kappa shape index (κ3) is 5.82. The van der Waals surface area contributed by atoms with Crippen molar-refractivity contribution in [1.29, 1.82) is 0 Å². The summed E-state index contributed by atoms with van der Waals surface area (Å²) in [4.78, 5) is 29.2. The molecule has 0 saturated carbocycles. The van der Waals surface area contributed by atoms with Crippen molar-refractivity contribution >= 4 is 29.3 Å². The number of rotatable bonds is 3. The molecule has 2 rings (SSSR count). The lowest BCUT2D eigenvalue weighted by atomic mass is 9.94. The van der Waals surface area contributed by atoms with E-state index >= 15 is 0 Å². The molecule has 2 amide bonds. The van der Waals surface area contributed by atoms with Crippen LogP contribution in [0.25, 0.3) is 10.4 Å². The molecule has 1 aromatic rings. The van der Waals surface area contributed by atoms with Gasteiger partial charge >= 0.3 is 6.09 Å². The standard InChI is InChI=1S/C17H22ClN5O3/c1-17(2,3)26-16(25)23-9-11(8-14(10-23)21-22-19)15(24)20-13-6-4-12(18)5-7-13/h4-7,11,14H,8-10H2,1-3H3,(H,20,24). The summed E-state index contributed by atoms with van der Waals surface area (Å²) in [6.07, 6.45) is -0.164. The highest BCUT2D eigenvalue weighted by atomic mass is 35.5. The Bertz CT molecular complexity index is 710. The van der Waals surface area contributed by atoms with Gasteiger partial charge in [-0.25, -0.2) is 4.79 Å². The third-order valence-corrected chi connectivity index (χ3v) is 4.03. The van der Waals surface area contributed by atoms with Crippen molar-refractivity contribution in [3.8, 4) is 0 Å². The second-order valence-corrected chi connectivity index (χ2v) is 7.61. The number of halogens is 1. The van der Waals surface area contributed by atoms with Gasteiger partial charge in [-0.3, -0.25) is 4.79 Å². The summed E-state index contributed by atoms with van der Waals surface area (Å²) in [5, 5.41) is 7.07. The molecule has 0 bridgehead atoms. The summed E-state index contributed by atoms with van der Waals surface area (Å²) in [7, 11) is 0. The molecule has 1 N–H and O–H groups in total. The van der Waals surface area contributed by atoms with Gasteiger partial charge in [0.15, 0.2) is 0 Å². The fourth-order valence-electron chi connectivity index (χ4n) is 2.67. The molecule has 1 aromatic carbocycles. The monoisotopic (exact) mass is 379 g/mol. The minimum Gasteiger partial charge on any atom is -0.444 e. The smallest absolute Gasteiger partial charge is 0.410 e. The van der Waals surface area contributed by atoms with Gasteiger partial charge < -0.3 is 15.0 Å². The summed E-state index contributed by atoms with van der Waals surface area (Å²) in [5.41, 5.74) is 8.68. The molecule has 1 saturated heterocycles. The summed E-state index contributed by atoms with van der Waals surface area (Å²) in [6, 6.07) is 6.25. The van der Waals surface area contributed by atoms with E-state index in [9.17, 15) is 9.59 Å². The van der Waals surface area contributed by atoms with E-state index in [2.05, 4.69) is 15.3 Å². The van der Waals surface area contributed by atoms with Crippen LogP contribution in [0.5, 0.6) is 0 Å². The van der Waals surface area contributed by atoms with E-state index in [0.29, 0.717) is 17.1 Å². The van der Waals surface area contributed by atoms with Gasteiger partial charge in [0.25, 0.3) is 0 Å². The summed E-state index contributed by atoms with van der Waals surface area (Å²) < 4.78 is 5.37. The fourth-order valence-corrected chi connectivity index (χ4v) is 2.80. The molecule has 1 fully saturated rings. The Morgan fingerprint density at radius 3 is 2.54 bits per heavy atom. The van der Waals surface area contributed by atoms with E-state index in [-0.39, 0.29) is 19.0 Å². The van der Waals surface area contributed by atoms with Crippen molar-refractivity contribution < 1.29 is 14.3 Å². The van der Waals surface area contributed by atoms with Crippen LogP contribution in [-0.2, 0) is 9.53 Å². The van der Waals surface area contributed by atoms with E-state index in [1.807, 2.05) is 0 Å². The zero-order chi connectivity index (χ0) is 19.3. The van der Waals surface area contributed by atoms with Crippen molar-refractivity contribution in [1.82, 2.24) is 4.90 Å². The number of carbonyl (C=O) groups excluding carboxylic acids is 2. The Morgan fingerprint density at radius 2 is 1.96 bits per heavy atom. The minimum atomic E-state index is -0.649. The van der Waals surface area contributed by atoms with E-state index in [1.54, 1.807) is 45.0 Å². The van der Waals surface area contributed by atoms with Crippen molar-refractivity contribution in [2.45, 2.75) is 38.8 Å². The van der Waals surface area contributed by atoms with Crippen LogP contribution in [0.4, 0.5) is 10.5 Å². The maximum atomic E-state index is 12.6. The average molecular weight is 380 g/mol. The Kier molecular flexibility index (Phi) is 6.34. The highest BCUT2D eigenvalue weighted by Gasteiger charge is 2.35. The molecule has 1 aliphatic heterocycles. The van der Waals surface area contributed by atoms with Crippen LogP contribution in [0, 0.1) is 5.92 Å². The maximum Gasteiger partial charge on any atom is 0.410 e. The van der Waals surface area contributed by atoms with Gasteiger partial charge in [-0.1, -0.05) is 16.7 Å². The van der Waals surface area contributed by atoms with Crippen LogP contribution in [0.3, 0.4) is 0 Å². The average Bonchev–Trinajstić information content (AvgIpc) is 2.55. The van der Waals surface area contributed by atoms with Crippen LogP contribution >= 0.6 is 11.6 Å². The molecule has 140 valence electrons. The first-order valence-corrected chi connectivity index (χ1v) is 8.64. The van der Waals surface area contributed by atoms with Gasteiger partial charge in [-0.15, -0.1) is 0 Å². The van der Waals surface area contributed by atoms with Gasteiger partial charge in [0.1, 0.15) is 5.60 Å². The van der Waals surface area contributed by atoms with Gasteiger partial charge in [0.05, 0.1) is 12.0 Å². The SMILES string of the molecule is CC(C)(C)OC(=O)N1CC(N=[N+]=[N-])CC(C(=O)Nc2ccc(Cl)cc2)C1. The largest absolute Gasteiger partial charge is 0.444 e. The first-order chi connectivity index (χ1) is 12.2. The lowest BCUT2D eigenvalue weighted by molar-refractivity contribution is -0.121. The van der Waals surface area contributed by atoms with Gasteiger partial charge in [0, 0.05) is 28.7 Å². The number of amides is 2. The fraction of sp³-hybridized carbons (Fsp3) is 0.529. The van der Waals surface area contributed by atoms with Crippen molar-refractivity contribution in [3.05, 3.63) is 39.7 Å². The molecule has 8 nitrogen and oxygen atoms in total. The van der Waals surface area contributed by atoms with Crippen LogP contribution in [0.15, 0.2) is 29.4 Å². The van der Waals surface area contributed by atoms with Crippen LogP contribution in [-0.4, -0.2) is 41.6 Å². The maximum absolute atomic E-state index is 12.6. The number of ether oxygens (including phenoxy) is 1. The summed E-state index contributed by atoms with van der Waals surface area (Å²) in [6.45, 7) is 5.73. The molecular formula is C17H22ClN5O3. The zero-order valence-corrected chi connectivity index (χ0v) is 15.7. The lowest BCUT2D eigenvalue weighted by Gasteiger charge is -2.36. The summed E-state index contributed by atoms with van der Waals surface area (Å²) in [5.74, 6) is -0.763. The summed E-state index contributed by atoms with van der Waals surface area (Å²) >= 11 is 5.84. The van der Waals surface area contributed by atoms with E-state index in [1.165, 1.54) is 4.90 Å². The second kappa shape index (κ2) is 8.29. The zero-order valence-electron chi connectivity index (χ0n) is 15.0. The van der Waals surface area contributed by atoms with Gasteiger partial charge in [-0.2, -0.15) is 0 Å². The highest BCUT2D eigenvalue weighted by Crippen LogP contribution is 2.24. The molecule has 1 aliphatic rings. The Hall–Kier alpha value is -2.44. The molecule has 0 aromatic heterocycles. The molecule has 0 spiro atoms. The molecule has 2 unspecified atom stereocenters. The van der Waals surface area contributed by atoms with E-state index < -0.39 is 23.7 Å². The van der Waals surface area contributed by atoms with Crippen molar-refractivity contribution in [2.24, 2.45) is 11.0 Å². The Labute approximate surface area is 157 Å². The van der Waals surface area contributed by atoms with Gasteiger partial charge in [0.2, 0.25) is 5.91 Å². The quantitative estimate of drug-likeness (QED) is 0.482. The Balaban J connectivity index is 2.10. The first-order valence-electron chi connectivity index (χ1n) is 8.26. The van der Waals surface area contributed by atoms with Crippen LogP contribution in [0.2, 0.25) is 5.02 Å². The molecule has 2 atom stereocenters. The number of hydrogen-bond donors (Lipinski definition) is 1. The van der Waals surface area contributed by atoms with Crippen molar-refractivity contribution in [2.75, 3.05) is 18.4 Å². The number of benzene rings is 1. The predicted octanol–water partition coefficient (Wildman–Crippen LogP) is 4.21. The number of nitrogens with zero attached hydrogens (tertiary/aromatic N) is 4. The van der Waals surface area contributed by atoms with E-state index in [0.717, 1.165) is 0 Å². The van der Waals surface area contributed by atoms with E-state index in [4.69, 9.17) is 21.9 Å². The molecule has 9 heteroatoms. The first kappa shape index (κ1) is 19.9. The topological polar surface area (TPSA) is 107 Å². The molecule has 0 radical (unpaired) electrons. The second-order valence-electron chi connectivity index (χ2n) is 7.17. The molecular weight excluding hydrogens is 358 g/mol. The number of carbonyl (C=O) groups is 2. The number of nitrogens with one attached hydrogen (secondary N) is 1. The Morgan fingerprint density at radius 1 is 1.31 bits per heavy atom. The number of likely N-dealkylation sites (tertiary alicyclic amines) is 1. The minimum absolute atomic E-state index is 0.200. The predicted molar refractivity (Wildman–Crippen MR) is 98.9 cm³/mol. The number of hydrogen-bond acceptors (Lipinski definition) is 4. The number of anilines is 1. The van der Waals surface area contributed by atoms with Crippen LogP contribution in [0.1, 0.15) is 27.2 Å². The van der Waals surface area contributed by atoms with Crippen LogP contribution < -0.4 is 5.32 Å². The number of azide groups is 1. The highest BCUT2D eigenvalue weighted by molar-refractivity contribution is 6.30. The van der Waals surface area contributed by atoms with Crippen molar-refractivity contribution in [3.63, 3.8) is 0 Å².